The molecule has 0 bridgehead atoms. The highest BCUT2D eigenvalue weighted by Crippen LogP contribution is 2.41. The molecule has 14 heteroatoms. The lowest BCUT2D eigenvalue weighted by Gasteiger charge is -2.19. The first-order valence-electron chi connectivity index (χ1n) is 12.1. The molecule has 2 aromatic carbocycles. The largest absolute Gasteiger partial charge is 0.464 e. The van der Waals surface area contributed by atoms with E-state index >= 15 is 0 Å². The first-order chi connectivity index (χ1) is 18.9. The molecule has 0 aliphatic heterocycles. The van der Waals surface area contributed by atoms with E-state index in [4.69, 9.17) is 4.74 Å². The molecule has 208 valence electrons. The Balaban J connectivity index is 1.79. The number of nitrogens with zero attached hydrogens (tertiary/aromatic N) is 4. The number of aromatic nitrogens is 4. The van der Waals surface area contributed by atoms with Gasteiger partial charge in [-0.15, -0.1) is 0 Å². The van der Waals surface area contributed by atoms with E-state index in [0.29, 0.717) is 4.57 Å². The third kappa shape index (κ3) is 4.03. The van der Waals surface area contributed by atoms with Crippen molar-refractivity contribution in [2.24, 2.45) is 7.05 Å². The van der Waals surface area contributed by atoms with Gasteiger partial charge in [-0.2, -0.15) is 17.7 Å². The number of esters is 1. The number of imidazole rings is 1. The molecule has 0 saturated heterocycles. The van der Waals surface area contributed by atoms with Crippen molar-refractivity contribution < 1.29 is 32.6 Å². The first kappa shape index (κ1) is 26.7. The first-order valence-corrected chi connectivity index (χ1v) is 12.1. The van der Waals surface area contributed by atoms with Crippen molar-refractivity contribution in [2.45, 2.75) is 32.0 Å². The van der Waals surface area contributed by atoms with Gasteiger partial charge in [0.15, 0.2) is 0 Å². The second kappa shape index (κ2) is 9.39. The van der Waals surface area contributed by atoms with Crippen molar-refractivity contribution in [1.82, 2.24) is 18.3 Å². The number of rotatable bonds is 4. The molecular weight excluding hydrogens is 537 g/mol. The van der Waals surface area contributed by atoms with Crippen LogP contribution in [0.2, 0.25) is 0 Å². The number of carbonyl (C=O) groups is 2. The SMILES string of the molecule is CCOC(=O)c1cn(-c2ccc3c(c2)n(C(=O)O)c(=O)n3C)c(=O)n([C@@H]2CCc3c2cccc3C(F)(F)F)c1=O. The molecule has 0 saturated carbocycles. The molecule has 1 aliphatic rings. The van der Waals surface area contributed by atoms with Crippen LogP contribution in [0.1, 0.15) is 46.4 Å². The Kier molecular flexibility index (Phi) is 6.27. The Labute approximate surface area is 221 Å². The van der Waals surface area contributed by atoms with Gasteiger partial charge in [0.2, 0.25) is 0 Å². The zero-order chi connectivity index (χ0) is 29.1. The molecule has 1 N–H and O–H groups in total. The number of hydrogen-bond acceptors (Lipinski definition) is 6. The molecule has 1 atom stereocenters. The molecule has 5 rings (SSSR count). The van der Waals surface area contributed by atoms with Gasteiger partial charge in [0.05, 0.1) is 34.9 Å². The molecule has 2 aromatic heterocycles. The number of alkyl halides is 3. The summed E-state index contributed by atoms with van der Waals surface area (Å²) in [5.74, 6) is -1.06. The number of halogens is 3. The lowest BCUT2D eigenvalue weighted by atomic mass is 10.0. The van der Waals surface area contributed by atoms with Gasteiger partial charge < -0.3 is 9.84 Å². The van der Waals surface area contributed by atoms with Gasteiger partial charge in [0, 0.05) is 13.2 Å². The van der Waals surface area contributed by atoms with Gasteiger partial charge in [0.25, 0.3) is 5.56 Å². The zero-order valence-electron chi connectivity index (χ0n) is 21.1. The Bertz CT molecular complexity index is 1900. The van der Waals surface area contributed by atoms with Gasteiger partial charge in [-0.3, -0.25) is 18.5 Å². The van der Waals surface area contributed by atoms with Crippen molar-refractivity contribution in [1.29, 1.82) is 0 Å². The predicted molar refractivity (Wildman–Crippen MR) is 134 cm³/mol. The Morgan fingerprint density at radius 1 is 1.07 bits per heavy atom. The zero-order valence-corrected chi connectivity index (χ0v) is 21.1. The molecule has 0 unspecified atom stereocenters. The molecular formula is C26H21F3N4O7. The van der Waals surface area contributed by atoms with E-state index in [1.807, 2.05) is 0 Å². The number of ether oxygens (including phenoxy) is 1. The number of carbonyl (C=O) groups excluding carboxylic acids is 1. The van der Waals surface area contributed by atoms with Gasteiger partial charge >= 0.3 is 29.6 Å². The number of hydrogen-bond donors (Lipinski definition) is 1. The molecule has 0 radical (unpaired) electrons. The maximum atomic E-state index is 13.8. The average molecular weight is 558 g/mol. The highest BCUT2D eigenvalue weighted by Gasteiger charge is 2.38. The van der Waals surface area contributed by atoms with E-state index in [1.165, 1.54) is 44.3 Å². The van der Waals surface area contributed by atoms with Crippen LogP contribution < -0.4 is 16.9 Å². The average Bonchev–Trinajstić information content (AvgIpc) is 3.42. The third-order valence-electron chi connectivity index (χ3n) is 6.98. The summed E-state index contributed by atoms with van der Waals surface area (Å²) in [5.41, 5.74) is -4.06. The summed E-state index contributed by atoms with van der Waals surface area (Å²) in [5, 5.41) is 9.56. The normalized spacial score (nSPS) is 14.9. The minimum Gasteiger partial charge on any atom is -0.464 e. The number of aryl methyl sites for hydroxylation is 1. The van der Waals surface area contributed by atoms with Gasteiger partial charge in [0.1, 0.15) is 5.56 Å². The van der Waals surface area contributed by atoms with Crippen molar-refractivity contribution in [3.8, 4) is 5.69 Å². The summed E-state index contributed by atoms with van der Waals surface area (Å²) in [6.07, 6.45) is -5.36. The fourth-order valence-electron chi connectivity index (χ4n) is 5.21. The van der Waals surface area contributed by atoms with Crippen molar-refractivity contribution in [3.05, 3.63) is 96.2 Å². The molecule has 0 spiro atoms. The summed E-state index contributed by atoms with van der Waals surface area (Å²) < 4.78 is 49.1. The quantitative estimate of drug-likeness (QED) is 0.381. The molecule has 2 heterocycles. The molecule has 0 amide bonds. The van der Waals surface area contributed by atoms with E-state index in [9.17, 15) is 42.3 Å². The van der Waals surface area contributed by atoms with Crippen molar-refractivity contribution >= 4 is 23.1 Å². The Morgan fingerprint density at radius 2 is 1.80 bits per heavy atom. The lowest BCUT2D eigenvalue weighted by molar-refractivity contribution is -0.138. The maximum absolute atomic E-state index is 13.8. The van der Waals surface area contributed by atoms with Crippen LogP contribution in [0.4, 0.5) is 18.0 Å². The number of fused-ring (bicyclic) bond motifs is 2. The highest BCUT2D eigenvalue weighted by atomic mass is 19.4. The molecule has 4 aromatic rings. The van der Waals surface area contributed by atoms with E-state index < -0.39 is 52.3 Å². The fourth-order valence-corrected chi connectivity index (χ4v) is 5.21. The summed E-state index contributed by atoms with van der Waals surface area (Å²) in [6, 6.07) is 6.39. The second-order valence-corrected chi connectivity index (χ2v) is 9.15. The van der Waals surface area contributed by atoms with Crippen LogP contribution in [-0.2, 0) is 24.4 Å². The van der Waals surface area contributed by atoms with Gasteiger partial charge in [-0.25, -0.2) is 19.2 Å². The topological polar surface area (TPSA) is 135 Å². The van der Waals surface area contributed by atoms with Crippen LogP contribution in [0.25, 0.3) is 16.7 Å². The van der Waals surface area contributed by atoms with Crippen LogP contribution in [0.15, 0.2) is 57.0 Å². The monoisotopic (exact) mass is 558 g/mol. The van der Waals surface area contributed by atoms with E-state index in [0.717, 1.165) is 26.0 Å². The van der Waals surface area contributed by atoms with Crippen LogP contribution in [0, 0.1) is 0 Å². The minimum atomic E-state index is -4.65. The summed E-state index contributed by atoms with van der Waals surface area (Å²) >= 11 is 0. The summed E-state index contributed by atoms with van der Waals surface area (Å²) in [6.45, 7) is 1.41. The number of benzene rings is 2. The molecule has 11 nitrogen and oxygen atoms in total. The predicted octanol–water partition coefficient (Wildman–Crippen LogP) is 2.91. The Hall–Kier alpha value is -4.88. The summed E-state index contributed by atoms with van der Waals surface area (Å²) in [7, 11) is 1.36. The van der Waals surface area contributed by atoms with E-state index in [1.54, 1.807) is 0 Å². The van der Waals surface area contributed by atoms with Crippen molar-refractivity contribution in [3.63, 3.8) is 0 Å². The fraction of sp³-hybridized carbons (Fsp3) is 0.269. The minimum absolute atomic E-state index is 0.000314. The Morgan fingerprint density at radius 3 is 2.45 bits per heavy atom. The molecule has 1 aliphatic carbocycles. The molecule has 0 fully saturated rings. The second-order valence-electron chi connectivity index (χ2n) is 9.15. The van der Waals surface area contributed by atoms with Crippen LogP contribution in [0.5, 0.6) is 0 Å². The molecule has 40 heavy (non-hydrogen) atoms. The summed E-state index contributed by atoms with van der Waals surface area (Å²) in [4.78, 5) is 64.2. The smallest absolute Gasteiger partial charge is 0.420 e. The van der Waals surface area contributed by atoms with Gasteiger partial charge in [-0.1, -0.05) is 12.1 Å². The standard InChI is InChI=1S/C26H21F3N4O7/c1-3-40-22(35)16-12-31(13-7-9-19-20(11-13)33(25(38)39)23(36)30(19)2)24(37)32(21(16)34)18-10-8-14-15(18)5-4-6-17(14)26(27,28)29/h4-7,9,11-12,18H,3,8,10H2,1-2H3,(H,38,39)/t18-/m1/s1. The van der Waals surface area contributed by atoms with Crippen LogP contribution in [0.3, 0.4) is 0 Å². The van der Waals surface area contributed by atoms with Gasteiger partial charge in [-0.05, 0) is 55.2 Å². The van der Waals surface area contributed by atoms with Crippen LogP contribution >= 0.6 is 0 Å². The van der Waals surface area contributed by atoms with E-state index in [-0.39, 0.29) is 47.3 Å². The maximum Gasteiger partial charge on any atom is 0.420 e. The highest BCUT2D eigenvalue weighted by molar-refractivity contribution is 5.89. The van der Waals surface area contributed by atoms with E-state index in [2.05, 4.69) is 0 Å². The third-order valence-corrected chi connectivity index (χ3v) is 6.98. The van der Waals surface area contributed by atoms with Crippen molar-refractivity contribution in [2.75, 3.05) is 6.61 Å². The lowest BCUT2D eigenvalue weighted by Crippen LogP contribution is -2.44. The number of carboxylic acid groups (broad SMARTS) is 1. The van der Waals surface area contributed by atoms with Crippen LogP contribution in [-0.4, -0.2) is 42.0 Å².